The van der Waals surface area contributed by atoms with Gasteiger partial charge in [0.25, 0.3) is 0 Å². The Kier molecular flexibility index (Phi) is 5.24. The van der Waals surface area contributed by atoms with Gasteiger partial charge in [0.15, 0.2) is 0 Å². The van der Waals surface area contributed by atoms with Gasteiger partial charge in [0.1, 0.15) is 0 Å². The number of benzene rings is 1. The Bertz CT molecular complexity index is 529. The number of likely N-dealkylation sites (N-methyl/N-ethyl adjacent to an activating group) is 1. The van der Waals surface area contributed by atoms with Crippen molar-refractivity contribution in [3.8, 4) is 0 Å². The molecule has 19 heavy (non-hydrogen) atoms. The van der Waals surface area contributed by atoms with Gasteiger partial charge in [-0.1, -0.05) is 22.9 Å². The normalized spacial score (nSPS) is 12.6. The Balaban J connectivity index is 1.89. The van der Waals surface area contributed by atoms with Crippen LogP contribution in [0.2, 0.25) is 5.02 Å². The summed E-state index contributed by atoms with van der Waals surface area (Å²) >= 11 is 7.77. The molecule has 0 aliphatic carbocycles. The molecule has 1 aromatic carbocycles. The van der Waals surface area contributed by atoms with Crippen molar-refractivity contribution in [3.05, 3.63) is 41.2 Å². The number of aromatic nitrogens is 3. The standard InChI is InChI=1S/C13H17ClN4S/c1-15-12(7-11-8-18(2)17-16-11)9-19-13-5-3-4-10(14)6-13/h3-6,8,12,15H,7,9H2,1-2H3. The number of nitrogens with zero attached hydrogens (tertiary/aromatic N) is 3. The fourth-order valence-corrected chi connectivity index (χ4v) is 3.06. The SMILES string of the molecule is CNC(CSc1cccc(Cl)c1)Cc1cn(C)nn1. The third kappa shape index (κ3) is 4.53. The molecule has 0 spiro atoms. The van der Waals surface area contributed by atoms with Crippen molar-refractivity contribution in [2.45, 2.75) is 17.4 Å². The first-order chi connectivity index (χ1) is 9.17. The molecule has 0 amide bonds. The van der Waals surface area contributed by atoms with E-state index in [1.807, 2.05) is 38.5 Å². The predicted octanol–water partition coefficient (Wildman–Crippen LogP) is 2.39. The molecule has 0 saturated carbocycles. The van der Waals surface area contributed by atoms with Crippen LogP contribution in [0.3, 0.4) is 0 Å². The number of hydrogen-bond donors (Lipinski definition) is 1. The first-order valence-electron chi connectivity index (χ1n) is 6.08. The van der Waals surface area contributed by atoms with Gasteiger partial charge in [0.05, 0.1) is 5.69 Å². The van der Waals surface area contributed by atoms with E-state index in [1.165, 1.54) is 4.90 Å². The molecule has 0 radical (unpaired) electrons. The number of thioether (sulfide) groups is 1. The van der Waals surface area contributed by atoms with E-state index >= 15 is 0 Å². The maximum atomic E-state index is 5.98. The van der Waals surface area contributed by atoms with Crippen LogP contribution in [0.1, 0.15) is 5.69 Å². The number of rotatable bonds is 6. The lowest BCUT2D eigenvalue weighted by atomic mass is 10.2. The van der Waals surface area contributed by atoms with E-state index < -0.39 is 0 Å². The molecule has 0 saturated heterocycles. The van der Waals surface area contributed by atoms with Crippen LogP contribution in [0.4, 0.5) is 0 Å². The summed E-state index contributed by atoms with van der Waals surface area (Å²) in [6.45, 7) is 0. The van der Waals surface area contributed by atoms with Crippen LogP contribution in [0.5, 0.6) is 0 Å². The second-order valence-electron chi connectivity index (χ2n) is 4.34. The van der Waals surface area contributed by atoms with E-state index in [1.54, 1.807) is 16.4 Å². The van der Waals surface area contributed by atoms with Crippen LogP contribution in [0.15, 0.2) is 35.4 Å². The predicted molar refractivity (Wildman–Crippen MR) is 79.7 cm³/mol. The van der Waals surface area contributed by atoms with Crippen molar-refractivity contribution < 1.29 is 0 Å². The van der Waals surface area contributed by atoms with Gasteiger partial charge in [-0.2, -0.15) is 0 Å². The van der Waals surface area contributed by atoms with Crippen LogP contribution in [-0.4, -0.2) is 33.8 Å². The Morgan fingerprint density at radius 1 is 1.47 bits per heavy atom. The zero-order valence-electron chi connectivity index (χ0n) is 11.0. The minimum Gasteiger partial charge on any atom is -0.316 e. The summed E-state index contributed by atoms with van der Waals surface area (Å²) in [6, 6.07) is 8.29. The van der Waals surface area contributed by atoms with E-state index in [-0.39, 0.29) is 0 Å². The number of nitrogens with one attached hydrogen (secondary N) is 1. The third-order valence-corrected chi connectivity index (χ3v) is 4.15. The Morgan fingerprint density at radius 3 is 2.95 bits per heavy atom. The quantitative estimate of drug-likeness (QED) is 0.831. The minimum atomic E-state index is 0.362. The highest BCUT2D eigenvalue weighted by Crippen LogP contribution is 2.22. The molecule has 1 aromatic heterocycles. The van der Waals surface area contributed by atoms with Crippen LogP contribution < -0.4 is 5.32 Å². The average molecular weight is 297 g/mol. The van der Waals surface area contributed by atoms with Crippen molar-refractivity contribution in [3.63, 3.8) is 0 Å². The lowest BCUT2D eigenvalue weighted by Crippen LogP contribution is -2.30. The molecule has 0 fully saturated rings. The fourth-order valence-electron chi connectivity index (χ4n) is 1.74. The van der Waals surface area contributed by atoms with Gasteiger partial charge in [-0.25, -0.2) is 0 Å². The topological polar surface area (TPSA) is 42.7 Å². The molecule has 0 bridgehead atoms. The summed E-state index contributed by atoms with van der Waals surface area (Å²) in [6.07, 6.45) is 2.83. The molecule has 1 atom stereocenters. The van der Waals surface area contributed by atoms with E-state index in [4.69, 9.17) is 11.6 Å². The lowest BCUT2D eigenvalue weighted by Gasteiger charge is -2.14. The van der Waals surface area contributed by atoms with E-state index in [9.17, 15) is 0 Å². The van der Waals surface area contributed by atoms with E-state index in [0.717, 1.165) is 22.9 Å². The van der Waals surface area contributed by atoms with Crippen molar-refractivity contribution >= 4 is 23.4 Å². The first-order valence-corrected chi connectivity index (χ1v) is 7.44. The monoisotopic (exact) mass is 296 g/mol. The van der Waals surface area contributed by atoms with Gasteiger partial charge >= 0.3 is 0 Å². The molecule has 0 aliphatic heterocycles. The molecule has 2 rings (SSSR count). The Hall–Kier alpha value is -1.04. The van der Waals surface area contributed by atoms with Gasteiger partial charge in [0, 0.05) is 41.4 Å². The molecular formula is C13H17ClN4S. The second-order valence-corrected chi connectivity index (χ2v) is 5.87. The van der Waals surface area contributed by atoms with Crippen LogP contribution in [0.25, 0.3) is 0 Å². The van der Waals surface area contributed by atoms with Gasteiger partial charge in [-0.3, -0.25) is 4.68 Å². The maximum Gasteiger partial charge on any atom is 0.0842 e. The van der Waals surface area contributed by atoms with Crippen molar-refractivity contribution in [1.29, 1.82) is 0 Å². The molecule has 4 nitrogen and oxygen atoms in total. The maximum absolute atomic E-state index is 5.98. The Morgan fingerprint density at radius 2 is 2.32 bits per heavy atom. The molecule has 6 heteroatoms. The van der Waals surface area contributed by atoms with Crippen LogP contribution in [-0.2, 0) is 13.5 Å². The summed E-state index contributed by atoms with van der Waals surface area (Å²) in [4.78, 5) is 1.19. The molecule has 1 heterocycles. The summed E-state index contributed by atoms with van der Waals surface area (Å²) in [5.41, 5.74) is 1.01. The van der Waals surface area contributed by atoms with Gasteiger partial charge < -0.3 is 5.32 Å². The molecule has 1 unspecified atom stereocenters. The lowest BCUT2D eigenvalue weighted by molar-refractivity contribution is 0.607. The summed E-state index contributed by atoms with van der Waals surface area (Å²) in [5.74, 6) is 0.966. The van der Waals surface area contributed by atoms with Gasteiger partial charge in [-0.15, -0.1) is 16.9 Å². The number of aryl methyl sites for hydroxylation is 1. The molecule has 1 N–H and O–H groups in total. The summed E-state index contributed by atoms with van der Waals surface area (Å²) in [7, 11) is 3.85. The summed E-state index contributed by atoms with van der Waals surface area (Å²) < 4.78 is 1.73. The molecule has 0 aliphatic rings. The molecule has 2 aromatic rings. The molecular weight excluding hydrogens is 280 g/mol. The van der Waals surface area contributed by atoms with Crippen LogP contribution >= 0.6 is 23.4 Å². The highest BCUT2D eigenvalue weighted by molar-refractivity contribution is 7.99. The van der Waals surface area contributed by atoms with Gasteiger partial charge in [0.2, 0.25) is 0 Å². The summed E-state index contributed by atoms with van der Waals surface area (Å²) in [5, 5.41) is 12.2. The third-order valence-electron chi connectivity index (χ3n) is 2.76. The second kappa shape index (κ2) is 6.93. The molecule has 102 valence electrons. The van der Waals surface area contributed by atoms with Crippen molar-refractivity contribution in [2.24, 2.45) is 7.05 Å². The van der Waals surface area contributed by atoms with E-state index in [2.05, 4.69) is 21.7 Å². The van der Waals surface area contributed by atoms with Crippen LogP contribution in [0, 0.1) is 0 Å². The van der Waals surface area contributed by atoms with Crippen molar-refractivity contribution in [2.75, 3.05) is 12.8 Å². The van der Waals surface area contributed by atoms with Crippen molar-refractivity contribution in [1.82, 2.24) is 20.3 Å². The highest BCUT2D eigenvalue weighted by Gasteiger charge is 2.10. The Labute approximate surface area is 122 Å². The largest absolute Gasteiger partial charge is 0.316 e. The highest BCUT2D eigenvalue weighted by atomic mass is 35.5. The average Bonchev–Trinajstić information content (AvgIpc) is 2.80. The fraction of sp³-hybridized carbons (Fsp3) is 0.385. The zero-order chi connectivity index (χ0) is 13.7. The zero-order valence-corrected chi connectivity index (χ0v) is 12.6. The van der Waals surface area contributed by atoms with E-state index in [0.29, 0.717) is 6.04 Å². The minimum absolute atomic E-state index is 0.362. The number of hydrogen-bond acceptors (Lipinski definition) is 4. The number of halogens is 1. The first kappa shape index (κ1) is 14.4. The smallest absolute Gasteiger partial charge is 0.0842 e. The van der Waals surface area contributed by atoms with Gasteiger partial charge in [-0.05, 0) is 25.2 Å².